The molecule has 3 N–H and O–H groups in total. The van der Waals surface area contributed by atoms with Crippen LogP contribution in [0.2, 0.25) is 0 Å². The molecule has 17 heavy (non-hydrogen) atoms. The molecule has 1 amide bonds. The van der Waals surface area contributed by atoms with Crippen molar-refractivity contribution in [1.82, 2.24) is 4.98 Å². The number of carboxylic acids is 1. The molecular formula is C11H14N2O4. The average Bonchev–Trinajstić information content (AvgIpc) is 2.86. The molecule has 0 bridgehead atoms. The van der Waals surface area contributed by atoms with Gasteiger partial charge in [-0.15, -0.1) is 0 Å². The second-order valence-corrected chi connectivity index (χ2v) is 4.04. The van der Waals surface area contributed by atoms with E-state index in [4.69, 9.17) is 9.84 Å². The Labute approximate surface area is 98.0 Å². The molecule has 1 aromatic heterocycles. The van der Waals surface area contributed by atoms with Gasteiger partial charge in [-0.3, -0.25) is 4.79 Å². The molecule has 1 aliphatic rings. The summed E-state index contributed by atoms with van der Waals surface area (Å²) in [6, 6.07) is 1.59. The van der Waals surface area contributed by atoms with Gasteiger partial charge in [-0.25, -0.2) is 4.79 Å². The number of carbonyl (C=O) groups excluding carboxylic acids is 1. The van der Waals surface area contributed by atoms with E-state index in [0.717, 1.165) is 6.42 Å². The second kappa shape index (κ2) is 4.58. The van der Waals surface area contributed by atoms with Gasteiger partial charge in [-0.1, -0.05) is 0 Å². The molecule has 2 rings (SSSR count). The predicted octanol–water partition coefficient (Wildman–Crippen LogP) is 1.14. The van der Waals surface area contributed by atoms with E-state index in [1.165, 1.54) is 0 Å². The Morgan fingerprint density at radius 3 is 2.94 bits per heavy atom. The summed E-state index contributed by atoms with van der Waals surface area (Å²) in [6.07, 6.45) is 1.07. The van der Waals surface area contributed by atoms with Crippen LogP contribution in [0.1, 0.15) is 29.0 Å². The normalized spacial score (nSPS) is 19.2. The van der Waals surface area contributed by atoms with Crippen molar-refractivity contribution in [1.29, 1.82) is 0 Å². The molecule has 1 aliphatic heterocycles. The average molecular weight is 238 g/mol. The third-order valence-corrected chi connectivity index (χ3v) is 2.65. The summed E-state index contributed by atoms with van der Waals surface area (Å²) in [5, 5.41) is 11.5. The van der Waals surface area contributed by atoms with Crippen LogP contribution in [0.4, 0.5) is 5.69 Å². The van der Waals surface area contributed by atoms with Gasteiger partial charge in [0, 0.05) is 12.3 Å². The second-order valence-electron chi connectivity index (χ2n) is 4.04. The van der Waals surface area contributed by atoms with Crippen molar-refractivity contribution in [2.24, 2.45) is 0 Å². The summed E-state index contributed by atoms with van der Waals surface area (Å²) < 4.78 is 5.22. The first-order chi connectivity index (χ1) is 8.08. The first kappa shape index (κ1) is 11.7. The molecule has 1 fully saturated rings. The molecule has 6 nitrogen and oxygen atoms in total. The first-order valence-corrected chi connectivity index (χ1v) is 5.43. The van der Waals surface area contributed by atoms with Gasteiger partial charge in [-0.2, -0.15) is 0 Å². The van der Waals surface area contributed by atoms with Crippen LogP contribution in [-0.4, -0.2) is 34.7 Å². The third kappa shape index (κ3) is 2.47. The molecule has 1 saturated heterocycles. The summed E-state index contributed by atoms with van der Waals surface area (Å²) in [5.74, 6) is -1.38. The third-order valence-electron chi connectivity index (χ3n) is 2.65. The fraction of sp³-hybridized carbons (Fsp3) is 0.455. The van der Waals surface area contributed by atoms with Crippen LogP contribution in [0.25, 0.3) is 0 Å². The molecule has 0 saturated carbocycles. The molecule has 1 atom stereocenters. The highest BCUT2D eigenvalue weighted by Gasteiger charge is 2.25. The number of carboxylic acid groups (broad SMARTS) is 1. The quantitative estimate of drug-likeness (QED) is 0.736. The monoisotopic (exact) mass is 238 g/mol. The fourth-order valence-electron chi connectivity index (χ4n) is 1.85. The van der Waals surface area contributed by atoms with Gasteiger partial charge in [0.25, 0.3) is 5.91 Å². The number of aromatic nitrogens is 1. The summed E-state index contributed by atoms with van der Waals surface area (Å²) in [5.41, 5.74) is 0.967. The molecule has 0 aliphatic carbocycles. The van der Waals surface area contributed by atoms with Crippen LogP contribution in [0.15, 0.2) is 6.07 Å². The van der Waals surface area contributed by atoms with E-state index in [-0.39, 0.29) is 17.3 Å². The minimum atomic E-state index is -1.10. The Balaban J connectivity index is 2.12. The Morgan fingerprint density at radius 1 is 1.59 bits per heavy atom. The Hall–Kier alpha value is -1.82. The zero-order chi connectivity index (χ0) is 12.4. The van der Waals surface area contributed by atoms with Gasteiger partial charge < -0.3 is 20.1 Å². The Bertz CT molecular complexity index is 446. The zero-order valence-corrected chi connectivity index (χ0v) is 9.45. The van der Waals surface area contributed by atoms with E-state index in [2.05, 4.69) is 10.3 Å². The van der Waals surface area contributed by atoms with E-state index < -0.39 is 12.1 Å². The van der Waals surface area contributed by atoms with Gasteiger partial charge in [0.2, 0.25) is 0 Å². The maximum atomic E-state index is 11.8. The zero-order valence-electron chi connectivity index (χ0n) is 9.45. The van der Waals surface area contributed by atoms with E-state index >= 15 is 0 Å². The molecule has 0 aromatic carbocycles. The lowest BCUT2D eigenvalue weighted by Crippen LogP contribution is -2.27. The number of aryl methyl sites for hydroxylation is 1. The van der Waals surface area contributed by atoms with Crippen molar-refractivity contribution in [3.63, 3.8) is 0 Å². The summed E-state index contributed by atoms with van der Waals surface area (Å²) >= 11 is 0. The number of rotatable bonds is 3. The largest absolute Gasteiger partial charge is 0.477 e. The maximum absolute atomic E-state index is 11.8. The highest BCUT2D eigenvalue weighted by Crippen LogP contribution is 2.19. The van der Waals surface area contributed by atoms with Crippen LogP contribution >= 0.6 is 0 Å². The number of carbonyl (C=O) groups is 2. The van der Waals surface area contributed by atoms with Crippen molar-refractivity contribution in [3.05, 3.63) is 17.5 Å². The van der Waals surface area contributed by atoms with E-state index in [0.29, 0.717) is 18.7 Å². The molecule has 0 unspecified atom stereocenters. The highest BCUT2D eigenvalue weighted by molar-refractivity contribution is 6.01. The summed E-state index contributed by atoms with van der Waals surface area (Å²) in [6.45, 7) is 2.31. The smallest absolute Gasteiger partial charge is 0.354 e. The van der Waals surface area contributed by atoms with Gasteiger partial charge in [0.05, 0.1) is 5.69 Å². The van der Waals surface area contributed by atoms with Crippen molar-refractivity contribution in [2.75, 3.05) is 11.9 Å². The van der Waals surface area contributed by atoms with Crippen LogP contribution in [0.5, 0.6) is 0 Å². The predicted molar refractivity (Wildman–Crippen MR) is 60.1 cm³/mol. The lowest BCUT2D eigenvalue weighted by molar-refractivity contribution is -0.124. The number of nitrogens with one attached hydrogen (secondary N) is 2. The van der Waals surface area contributed by atoms with Crippen LogP contribution < -0.4 is 5.32 Å². The molecule has 0 radical (unpaired) electrons. The maximum Gasteiger partial charge on any atom is 0.354 e. The number of ether oxygens (including phenoxy) is 1. The van der Waals surface area contributed by atoms with Crippen LogP contribution in [0.3, 0.4) is 0 Å². The topological polar surface area (TPSA) is 91.4 Å². The fourth-order valence-corrected chi connectivity index (χ4v) is 1.85. The van der Waals surface area contributed by atoms with Gasteiger partial charge in [-0.05, 0) is 25.8 Å². The minimum Gasteiger partial charge on any atom is -0.477 e. The SMILES string of the molecule is Cc1cc(NC(=O)[C@@H]2CCCO2)c(C(=O)O)[nH]1. The van der Waals surface area contributed by atoms with Crippen LogP contribution in [-0.2, 0) is 9.53 Å². The Kier molecular flexibility index (Phi) is 3.14. The standard InChI is InChI=1S/C11H14N2O4/c1-6-5-7(9(12-6)11(15)16)13-10(14)8-3-2-4-17-8/h5,8,12H,2-4H2,1H3,(H,13,14)(H,15,16)/t8-/m0/s1. The van der Waals surface area contributed by atoms with Crippen molar-refractivity contribution >= 4 is 17.6 Å². The number of amides is 1. The molecule has 6 heteroatoms. The van der Waals surface area contributed by atoms with E-state index in [1.807, 2.05) is 0 Å². The van der Waals surface area contributed by atoms with Crippen molar-refractivity contribution in [2.45, 2.75) is 25.9 Å². The Morgan fingerprint density at radius 2 is 2.35 bits per heavy atom. The lowest BCUT2D eigenvalue weighted by Gasteiger charge is -2.09. The number of hydrogen-bond donors (Lipinski definition) is 3. The van der Waals surface area contributed by atoms with E-state index in [1.54, 1.807) is 13.0 Å². The molecule has 0 spiro atoms. The number of aromatic carboxylic acids is 1. The molecule has 1 aromatic rings. The molecule has 92 valence electrons. The van der Waals surface area contributed by atoms with Crippen molar-refractivity contribution < 1.29 is 19.4 Å². The molecular weight excluding hydrogens is 224 g/mol. The van der Waals surface area contributed by atoms with Crippen molar-refractivity contribution in [3.8, 4) is 0 Å². The number of aromatic amines is 1. The number of anilines is 1. The highest BCUT2D eigenvalue weighted by atomic mass is 16.5. The summed E-state index contributed by atoms with van der Waals surface area (Å²) in [7, 11) is 0. The van der Waals surface area contributed by atoms with Gasteiger partial charge in [0.1, 0.15) is 11.8 Å². The van der Waals surface area contributed by atoms with Gasteiger partial charge in [0.15, 0.2) is 0 Å². The van der Waals surface area contributed by atoms with Crippen LogP contribution in [0, 0.1) is 6.92 Å². The number of H-pyrrole nitrogens is 1. The van der Waals surface area contributed by atoms with Gasteiger partial charge >= 0.3 is 5.97 Å². The summed E-state index contributed by atoms with van der Waals surface area (Å²) in [4.78, 5) is 25.4. The minimum absolute atomic E-state index is 0.00570. The first-order valence-electron chi connectivity index (χ1n) is 5.43. The molecule has 2 heterocycles. The number of hydrogen-bond acceptors (Lipinski definition) is 3. The lowest BCUT2D eigenvalue weighted by atomic mass is 10.2. The van der Waals surface area contributed by atoms with E-state index in [9.17, 15) is 9.59 Å².